The summed E-state index contributed by atoms with van der Waals surface area (Å²) >= 11 is 0. The van der Waals surface area contributed by atoms with Gasteiger partial charge in [-0.3, -0.25) is 57.5 Å². The van der Waals surface area contributed by atoms with Crippen molar-refractivity contribution < 1.29 is 93.4 Å². The van der Waals surface area contributed by atoms with Crippen LogP contribution in [0.25, 0.3) is 0 Å². The molecule has 13 atom stereocenters. The van der Waals surface area contributed by atoms with Crippen LogP contribution in [0.2, 0.25) is 0 Å². The summed E-state index contributed by atoms with van der Waals surface area (Å²) in [6.45, 7) is 16.2. The molecule has 3 aliphatic heterocycles. The highest BCUT2D eigenvalue weighted by Crippen LogP contribution is 2.50. The Morgan fingerprint density at radius 3 is 1.83 bits per heavy atom. The molecule has 6 aliphatic rings. The molecule has 1 spiro atoms. The number of amides is 12. The van der Waals surface area contributed by atoms with Crippen LogP contribution in [0.3, 0.4) is 0 Å². The number of alkyl halides is 6. The summed E-state index contributed by atoms with van der Waals surface area (Å²) < 4.78 is 97.0. The molecule has 0 aromatic heterocycles. The smallest absolute Gasteiger partial charge is 0.381 e. The van der Waals surface area contributed by atoms with E-state index in [9.17, 15) is 55.1 Å². The predicted octanol–water partition coefficient (Wildman–Crippen LogP) is 6.57. The first-order valence-corrected chi connectivity index (χ1v) is 38.8. The lowest BCUT2D eigenvalue weighted by Crippen LogP contribution is -2.71. The molecule has 3 N–H and O–H groups in total. The van der Waals surface area contributed by atoms with Crippen LogP contribution >= 0.6 is 0 Å². The van der Waals surface area contributed by atoms with E-state index < -0.39 is 215 Å². The number of fused-ring (bicyclic) bond motifs is 3. The van der Waals surface area contributed by atoms with E-state index in [1.807, 2.05) is 34.6 Å². The molecule has 12 amide bonds. The lowest BCUT2D eigenvalue weighted by molar-refractivity contribution is -0.215. The number of hydrogen-bond donors (Lipinski definition) is 3. The SMILES string of the molecule is CCO[C@@H]1C[C@H]2C(=O)NC3(CC(C)(C)C3)C(=O)N(C)[C@@H](CC(C)(C)C)C(=O)N(C)[C@H](C(=O)N(C)C)CC(=O)N(C)[C@@H](C(C)C)C(=O)N[C@@H]([C@@H](C)CC)C(=O)N(C)CC(=O)N(C)[C@H]3C/C=C\CCN(C3=O)[C@@H](CC3CCC(C(F)(F)F)CC3)C(=O)N(C)CC(=O)N[C@@H](CCC3CCC(C(F)(F)F)C(OC)C3)C(=O)N2C1. The molecule has 2 bridgehead atoms. The zero-order valence-electron chi connectivity index (χ0n) is 67.7. The Morgan fingerprint density at radius 2 is 1.28 bits per heavy atom. The maximum Gasteiger partial charge on any atom is 0.394 e. The molecule has 5 fully saturated rings. The zero-order chi connectivity index (χ0) is 82.1. The molecule has 3 saturated carbocycles. The van der Waals surface area contributed by atoms with Crippen molar-refractivity contribution in [2.75, 3.05) is 96.3 Å². The fourth-order valence-corrected chi connectivity index (χ4v) is 17.2. The zero-order valence-corrected chi connectivity index (χ0v) is 67.7. The Labute approximate surface area is 639 Å². The second-order valence-electron chi connectivity index (χ2n) is 34.3. The predicted molar refractivity (Wildman–Crippen MR) is 393 cm³/mol. The molecule has 3 aliphatic carbocycles. The molecule has 0 aromatic rings. The van der Waals surface area contributed by atoms with Gasteiger partial charge in [-0.1, -0.05) is 80.9 Å². The first kappa shape index (κ1) is 90.8. The molecule has 3 unspecified atom stereocenters. The van der Waals surface area contributed by atoms with Crippen LogP contribution in [0, 0.1) is 46.3 Å². The first-order valence-electron chi connectivity index (χ1n) is 38.8. The van der Waals surface area contributed by atoms with Crippen molar-refractivity contribution in [3.8, 4) is 0 Å². The van der Waals surface area contributed by atoms with Gasteiger partial charge in [-0.2, -0.15) is 26.3 Å². The molecular weight excluding hydrogens is 1430 g/mol. The molecule has 26 nitrogen and oxygen atoms in total. The number of carbonyl (C=O) groups excluding carboxylic acids is 12. The molecule has 0 aromatic carbocycles. The van der Waals surface area contributed by atoms with Crippen molar-refractivity contribution in [3.63, 3.8) is 0 Å². The normalized spacial score (nSPS) is 30.9. The third-order valence-electron chi connectivity index (χ3n) is 23.5. The van der Waals surface area contributed by atoms with E-state index in [-0.39, 0.29) is 122 Å². The number of ether oxygens (including phenoxy) is 2. The summed E-state index contributed by atoms with van der Waals surface area (Å²) in [6.07, 6.45) is -8.88. The van der Waals surface area contributed by atoms with Crippen LogP contribution in [0.4, 0.5) is 26.3 Å². The van der Waals surface area contributed by atoms with Crippen LogP contribution in [0.1, 0.15) is 185 Å². The van der Waals surface area contributed by atoms with Gasteiger partial charge in [0.15, 0.2) is 0 Å². The maximum atomic E-state index is 15.7. The summed E-state index contributed by atoms with van der Waals surface area (Å²) in [5, 5.41) is 8.65. The number of methoxy groups -OCH3 is 1. The van der Waals surface area contributed by atoms with Crippen molar-refractivity contribution in [3.05, 3.63) is 12.2 Å². The molecule has 32 heteroatoms. The second-order valence-corrected chi connectivity index (χ2v) is 34.3. The largest absolute Gasteiger partial charge is 0.394 e. The second kappa shape index (κ2) is 37.5. The number of likely N-dealkylation sites (N-methyl/N-ethyl adjacent to an activating group) is 7. The highest BCUT2D eigenvalue weighted by Gasteiger charge is 2.59. The van der Waals surface area contributed by atoms with Crippen LogP contribution in [0.5, 0.6) is 0 Å². The van der Waals surface area contributed by atoms with E-state index >= 15 is 28.8 Å². The Kier molecular flexibility index (Phi) is 31.2. The molecule has 109 heavy (non-hydrogen) atoms. The average Bonchev–Trinajstić information content (AvgIpc) is 1.01. The Hall–Kier alpha value is -7.12. The van der Waals surface area contributed by atoms with Crippen molar-refractivity contribution >= 4 is 70.9 Å². The number of halogens is 6. The third-order valence-corrected chi connectivity index (χ3v) is 23.5. The highest BCUT2D eigenvalue weighted by molar-refractivity contribution is 6.01. The van der Waals surface area contributed by atoms with Gasteiger partial charge in [0, 0.05) is 89.6 Å². The first-order chi connectivity index (χ1) is 50.5. The third kappa shape index (κ3) is 22.8. The van der Waals surface area contributed by atoms with Gasteiger partial charge in [-0.05, 0) is 138 Å². The number of nitrogens with zero attached hydrogens (tertiary/aromatic N) is 9. The fraction of sp³-hybridized carbons (Fsp3) is 0.818. The minimum atomic E-state index is -4.57. The van der Waals surface area contributed by atoms with E-state index in [1.165, 1.54) is 83.1 Å². The van der Waals surface area contributed by atoms with E-state index in [0.29, 0.717) is 6.42 Å². The van der Waals surface area contributed by atoms with Crippen LogP contribution in [-0.2, 0) is 67.0 Å². The van der Waals surface area contributed by atoms with Crippen molar-refractivity contribution in [1.29, 1.82) is 0 Å². The van der Waals surface area contributed by atoms with Crippen molar-refractivity contribution in [2.24, 2.45) is 46.3 Å². The monoisotopic (exact) mass is 1550 g/mol. The van der Waals surface area contributed by atoms with Crippen LogP contribution < -0.4 is 16.0 Å². The van der Waals surface area contributed by atoms with Gasteiger partial charge < -0.3 is 69.5 Å². The van der Waals surface area contributed by atoms with Crippen LogP contribution in [0.15, 0.2) is 12.2 Å². The molecule has 0 radical (unpaired) electrons. The molecule has 6 rings (SSSR count). The van der Waals surface area contributed by atoms with Gasteiger partial charge in [-0.25, -0.2) is 0 Å². The van der Waals surface area contributed by atoms with E-state index in [4.69, 9.17) is 9.47 Å². The molecule has 2 saturated heterocycles. The maximum absolute atomic E-state index is 15.7. The lowest BCUT2D eigenvalue weighted by Gasteiger charge is -2.54. The quantitative estimate of drug-likeness (QED) is 0.130. The Morgan fingerprint density at radius 1 is 0.661 bits per heavy atom. The van der Waals surface area contributed by atoms with Gasteiger partial charge in [0.1, 0.15) is 53.9 Å². The number of carbonyl (C=O) groups is 12. The van der Waals surface area contributed by atoms with Crippen molar-refractivity contribution in [2.45, 2.75) is 263 Å². The summed E-state index contributed by atoms with van der Waals surface area (Å²) in [7, 11) is 12.1. The highest BCUT2D eigenvalue weighted by atomic mass is 19.4. The van der Waals surface area contributed by atoms with Crippen molar-refractivity contribution in [1.82, 2.24) is 60.0 Å². The Bertz CT molecular complexity index is 3280. The fourth-order valence-electron chi connectivity index (χ4n) is 17.2. The van der Waals surface area contributed by atoms with E-state index in [0.717, 1.165) is 24.5 Å². The average molecular weight is 1560 g/mol. The van der Waals surface area contributed by atoms with Gasteiger partial charge >= 0.3 is 12.4 Å². The molecule has 3 heterocycles. The number of rotatable bonds is 13. The van der Waals surface area contributed by atoms with Crippen LogP contribution in [-0.4, -0.2) is 290 Å². The summed E-state index contributed by atoms with van der Waals surface area (Å²) in [5.41, 5.74) is -3.01. The molecular formula is C77H124F6N12O14. The minimum absolute atomic E-state index is 0.00581. The Balaban J connectivity index is 1.50. The molecule has 618 valence electrons. The van der Waals surface area contributed by atoms with Gasteiger partial charge in [0.05, 0.1) is 43.6 Å². The van der Waals surface area contributed by atoms with Gasteiger partial charge in [0.2, 0.25) is 70.9 Å². The van der Waals surface area contributed by atoms with E-state index in [1.54, 1.807) is 46.8 Å². The standard InChI is InChI=1S/C77H124F6N12O14/c1-20-46(5)62-71(106)89(14)42-61(98)90(15)53-25-23-22-24-34-94(70(53)105)56(35-47-26-30-49(31-27-47)76(78,79)80)68(103)88(13)41-59(96)84-52(33-29-48-28-32-51(77(81,82)83)58(36-48)108-19)66(101)95-40-50(109-21-2)37-54(95)64(99)86-75(43-74(9,10)44-75)72(107)92(17)57(39-73(6,7)8)69(104)91(16)55(67(102)87(11)12)38-60(97)93(18)63(45(3)4)65(100)85-62/h22-23,45-58,62-63H,20-21,24-44H2,1-19H3,(H,84,96)(H,85,100)(H,86,99)/b23-22-/t46-,47?,48?,49?,50+,51?,52-,53-,54-,55-,56-,57-,58?,62-,63-/m0/s1. The van der Waals surface area contributed by atoms with E-state index in [2.05, 4.69) is 16.0 Å². The lowest BCUT2D eigenvalue weighted by atomic mass is 9.58. The topological polar surface area (TPSA) is 289 Å². The number of hydrogen-bond acceptors (Lipinski definition) is 14. The summed E-state index contributed by atoms with van der Waals surface area (Å²) in [6, 6.07) is -11.1. The summed E-state index contributed by atoms with van der Waals surface area (Å²) in [5.74, 6) is -14.7. The minimum Gasteiger partial charge on any atom is -0.381 e. The van der Waals surface area contributed by atoms with Gasteiger partial charge in [-0.15, -0.1) is 0 Å². The number of nitrogens with one attached hydrogen (secondary N) is 3. The van der Waals surface area contributed by atoms with Gasteiger partial charge in [0.25, 0.3) is 0 Å². The summed E-state index contributed by atoms with van der Waals surface area (Å²) in [4.78, 5) is 192.